The highest BCUT2D eigenvalue weighted by Gasteiger charge is 2.15. The molecule has 1 heterocycles. The van der Waals surface area contributed by atoms with Crippen molar-refractivity contribution in [3.63, 3.8) is 0 Å². The highest BCUT2D eigenvalue weighted by atomic mass is 16.3. The topological polar surface area (TPSA) is 66.0 Å². The van der Waals surface area contributed by atoms with Gasteiger partial charge in [-0.1, -0.05) is 18.2 Å². The Kier molecular flexibility index (Phi) is 2.34. The first-order valence-corrected chi connectivity index (χ1v) is 5.52. The van der Waals surface area contributed by atoms with E-state index in [2.05, 4.69) is 10.2 Å². The first kappa shape index (κ1) is 10.5. The molecule has 2 N–H and O–H groups in total. The van der Waals surface area contributed by atoms with E-state index in [1.165, 1.54) is 12.1 Å². The molecule has 0 saturated carbocycles. The number of hydrogen-bond acceptors (Lipinski definition) is 3. The molecule has 0 radical (unpaired) electrons. The minimum absolute atomic E-state index is 0.137. The van der Waals surface area contributed by atoms with Crippen LogP contribution in [0.2, 0.25) is 0 Å². The van der Waals surface area contributed by atoms with Gasteiger partial charge < -0.3 is 5.11 Å². The number of benzene rings is 2. The molecule has 18 heavy (non-hydrogen) atoms. The number of carbonyl (C=O) groups excluding carboxylic acids is 1. The summed E-state index contributed by atoms with van der Waals surface area (Å²) in [6.45, 7) is 0. The van der Waals surface area contributed by atoms with Gasteiger partial charge in [0.15, 0.2) is 0 Å². The summed E-state index contributed by atoms with van der Waals surface area (Å²) < 4.78 is 0. The third-order valence-corrected chi connectivity index (χ3v) is 2.81. The van der Waals surface area contributed by atoms with Crippen molar-refractivity contribution in [1.29, 1.82) is 0 Å². The van der Waals surface area contributed by atoms with Crippen molar-refractivity contribution in [2.45, 2.75) is 0 Å². The monoisotopic (exact) mass is 238 g/mol. The van der Waals surface area contributed by atoms with Crippen molar-refractivity contribution >= 4 is 16.7 Å². The highest BCUT2D eigenvalue weighted by Crippen LogP contribution is 2.19. The van der Waals surface area contributed by atoms with Crippen LogP contribution < -0.4 is 0 Å². The molecule has 1 aromatic heterocycles. The number of nitrogens with zero attached hydrogens (tertiary/aromatic N) is 1. The molecular weight excluding hydrogens is 228 g/mol. The molecule has 0 amide bonds. The van der Waals surface area contributed by atoms with E-state index in [9.17, 15) is 9.90 Å². The Balaban J connectivity index is 2.09. The number of phenols is 1. The van der Waals surface area contributed by atoms with E-state index in [0.717, 1.165) is 10.9 Å². The predicted octanol–water partition coefficient (Wildman–Crippen LogP) is 2.50. The minimum Gasteiger partial charge on any atom is -0.508 e. The Labute approximate surface area is 103 Å². The van der Waals surface area contributed by atoms with Gasteiger partial charge in [-0.15, -0.1) is 0 Å². The molecule has 0 saturated heterocycles. The Morgan fingerprint density at radius 3 is 2.56 bits per heavy atom. The smallest absolute Gasteiger partial charge is 0.213 e. The number of nitrogens with one attached hydrogen (secondary N) is 1. The van der Waals surface area contributed by atoms with E-state index in [-0.39, 0.29) is 11.5 Å². The number of aromatic amines is 1. The molecule has 0 aliphatic carbocycles. The Bertz CT molecular complexity index is 714. The molecule has 4 heteroatoms. The fourth-order valence-electron chi connectivity index (χ4n) is 1.89. The molecule has 4 nitrogen and oxygen atoms in total. The van der Waals surface area contributed by atoms with Crippen LogP contribution in [0.25, 0.3) is 10.9 Å². The summed E-state index contributed by atoms with van der Waals surface area (Å²) in [6.07, 6.45) is 0. The Morgan fingerprint density at radius 2 is 1.78 bits per heavy atom. The van der Waals surface area contributed by atoms with Gasteiger partial charge in [-0.3, -0.25) is 9.89 Å². The van der Waals surface area contributed by atoms with Crippen molar-refractivity contribution in [2.75, 3.05) is 0 Å². The van der Waals surface area contributed by atoms with Crippen molar-refractivity contribution in [3.8, 4) is 5.75 Å². The van der Waals surface area contributed by atoms with E-state index in [4.69, 9.17) is 0 Å². The van der Waals surface area contributed by atoms with Crippen LogP contribution >= 0.6 is 0 Å². The maximum Gasteiger partial charge on any atom is 0.213 e. The molecule has 88 valence electrons. The third kappa shape index (κ3) is 1.64. The molecule has 0 aliphatic heterocycles. The zero-order chi connectivity index (χ0) is 12.5. The van der Waals surface area contributed by atoms with Gasteiger partial charge in [0.05, 0.1) is 5.52 Å². The zero-order valence-corrected chi connectivity index (χ0v) is 9.42. The molecule has 3 rings (SSSR count). The largest absolute Gasteiger partial charge is 0.508 e. The van der Waals surface area contributed by atoms with Crippen molar-refractivity contribution in [2.24, 2.45) is 0 Å². The Morgan fingerprint density at radius 1 is 1.06 bits per heavy atom. The molecule has 0 unspecified atom stereocenters. The van der Waals surface area contributed by atoms with E-state index in [1.807, 2.05) is 24.3 Å². The van der Waals surface area contributed by atoms with Crippen LogP contribution in [0.5, 0.6) is 5.75 Å². The summed E-state index contributed by atoms with van der Waals surface area (Å²) in [7, 11) is 0. The van der Waals surface area contributed by atoms with Crippen LogP contribution in [0, 0.1) is 0 Å². The zero-order valence-electron chi connectivity index (χ0n) is 9.42. The van der Waals surface area contributed by atoms with Gasteiger partial charge in [-0.25, -0.2) is 0 Å². The summed E-state index contributed by atoms with van der Waals surface area (Å²) in [5, 5.41) is 16.9. The van der Waals surface area contributed by atoms with Crippen LogP contribution in [-0.2, 0) is 0 Å². The molecule has 3 aromatic rings. The number of aromatic nitrogens is 2. The predicted molar refractivity (Wildman–Crippen MR) is 67.6 cm³/mol. The summed E-state index contributed by atoms with van der Waals surface area (Å²) in [5.74, 6) is -0.0223. The Hall–Kier alpha value is -2.62. The van der Waals surface area contributed by atoms with E-state index < -0.39 is 0 Å². The number of rotatable bonds is 2. The number of para-hydroxylation sites is 1. The lowest BCUT2D eigenvalue weighted by molar-refractivity contribution is 0.103. The first-order valence-electron chi connectivity index (χ1n) is 5.52. The minimum atomic E-state index is -0.160. The van der Waals surface area contributed by atoms with Crippen LogP contribution in [0.4, 0.5) is 0 Å². The molecule has 2 aromatic carbocycles. The van der Waals surface area contributed by atoms with E-state index >= 15 is 0 Å². The number of phenolic OH excluding ortho intramolecular Hbond substituents is 1. The van der Waals surface area contributed by atoms with E-state index in [0.29, 0.717) is 11.3 Å². The molecular formula is C14H10N2O2. The maximum absolute atomic E-state index is 12.3. The second kappa shape index (κ2) is 4.00. The average molecular weight is 238 g/mol. The van der Waals surface area contributed by atoms with Crippen LogP contribution in [0.1, 0.15) is 16.1 Å². The first-order chi connectivity index (χ1) is 8.75. The average Bonchev–Trinajstić information content (AvgIpc) is 2.82. The number of hydrogen-bond donors (Lipinski definition) is 2. The third-order valence-electron chi connectivity index (χ3n) is 2.81. The molecule has 0 bridgehead atoms. The normalized spacial score (nSPS) is 10.7. The highest BCUT2D eigenvalue weighted by molar-refractivity contribution is 6.14. The number of fused-ring (bicyclic) bond motifs is 1. The van der Waals surface area contributed by atoms with Gasteiger partial charge in [0.2, 0.25) is 5.78 Å². The fraction of sp³-hybridized carbons (Fsp3) is 0. The van der Waals surface area contributed by atoms with Gasteiger partial charge in [0.1, 0.15) is 11.4 Å². The standard InChI is InChI=1S/C14H10N2O2/c17-10-7-5-9(6-8-10)14(18)13-11-3-1-2-4-12(11)15-16-13/h1-8,17H,(H,15,16). The molecule has 0 aliphatic rings. The van der Waals surface area contributed by atoms with E-state index in [1.54, 1.807) is 12.1 Å². The SMILES string of the molecule is O=C(c1ccc(O)cc1)c1n[nH]c2ccccc12. The van der Waals surface area contributed by atoms with Gasteiger partial charge >= 0.3 is 0 Å². The number of carbonyl (C=O) groups is 1. The van der Waals surface area contributed by atoms with Gasteiger partial charge in [0, 0.05) is 10.9 Å². The quantitative estimate of drug-likeness (QED) is 0.674. The molecule has 0 fully saturated rings. The van der Waals surface area contributed by atoms with Crippen LogP contribution in [-0.4, -0.2) is 21.1 Å². The summed E-state index contributed by atoms with van der Waals surface area (Å²) >= 11 is 0. The molecule has 0 atom stereocenters. The summed E-state index contributed by atoms with van der Waals surface area (Å²) in [5.41, 5.74) is 1.74. The lowest BCUT2D eigenvalue weighted by atomic mass is 10.1. The van der Waals surface area contributed by atoms with Gasteiger partial charge in [0.25, 0.3) is 0 Å². The van der Waals surface area contributed by atoms with Crippen LogP contribution in [0.3, 0.4) is 0 Å². The lowest BCUT2D eigenvalue weighted by Crippen LogP contribution is -2.01. The van der Waals surface area contributed by atoms with Gasteiger partial charge in [-0.05, 0) is 30.3 Å². The summed E-state index contributed by atoms with van der Waals surface area (Å²) in [4.78, 5) is 12.3. The maximum atomic E-state index is 12.3. The summed E-state index contributed by atoms with van der Waals surface area (Å²) in [6, 6.07) is 13.6. The van der Waals surface area contributed by atoms with Crippen molar-refractivity contribution in [1.82, 2.24) is 10.2 Å². The molecule has 0 spiro atoms. The van der Waals surface area contributed by atoms with Crippen molar-refractivity contribution < 1.29 is 9.90 Å². The number of ketones is 1. The van der Waals surface area contributed by atoms with Crippen LogP contribution in [0.15, 0.2) is 48.5 Å². The number of aromatic hydroxyl groups is 1. The second-order valence-corrected chi connectivity index (χ2v) is 3.99. The second-order valence-electron chi connectivity index (χ2n) is 3.99. The van der Waals surface area contributed by atoms with Crippen molar-refractivity contribution in [3.05, 3.63) is 59.8 Å². The lowest BCUT2D eigenvalue weighted by Gasteiger charge is -1.98. The van der Waals surface area contributed by atoms with Gasteiger partial charge in [-0.2, -0.15) is 5.10 Å². The fourth-order valence-corrected chi connectivity index (χ4v) is 1.89. The number of H-pyrrole nitrogens is 1.